The minimum Gasteiger partial charge on any atom is -0.368 e. The van der Waals surface area contributed by atoms with Gasteiger partial charge in [0.1, 0.15) is 0 Å². The highest BCUT2D eigenvalue weighted by Gasteiger charge is 2.32. The maximum Gasteiger partial charge on any atom is 0.226 e. The number of benzene rings is 2. The summed E-state index contributed by atoms with van der Waals surface area (Å²) in [6.45, 7) is 6.94. The Bertz CT molecular complexity index is 800. The van der Waals surface area contributed by atoms with Crippen LogP contribution in [-0.4, -0.2) is 40.7 Å². The molecular weight excluding hydrogens is 444 g/mol. The van der Waals surface area contributed by atoms with Gasteiger partial charge in [-0.05, 0) is 31.4 Å². The molecular formula is C22H31BrN6O. The number of halogens is 1. The largest absolute Gasteiger partial charge is 0.368 e. The Morgan fingerprint density at radius 2 is 1.47 bits per heavy atom. The predicted octanol–water partition coefficient (Wildman–Crippen LogP) is 3.27. The number of hydrogen-bond acceptors (Lipinski definition) is 7. The van der Waals surface area contributed by atoms with Crippen LogP contribution in [0, 0.1) is 0 Å². The fourth-order valence-corrected chi connectivity index (χ4v) is 3.36. The first-order valence-electron chi connectivity index (χ1n) is 9.87. The summed E-state index contributed by atoms with van der Waals surface area (Å²) in [7, 11) is 0. The average Bonchev–Trinajstić information content (AvgIpc) is 2.67. The van der Waals surface area contributed by atoms with E-state index < -0.39 is 5.66 Å². The molecule has 8 heteroatoms. The molecule has 0 fully saturated rings. The third-order valence-electron chi connectivity index (χ3n) is 4.66. The second kappa shape index (κ2) is 11.1. The van der Waals surface area contributed by atoms with E-state index >= 15 is 0 Å². The Morgan fingerprint density at radius 3 is 1.97 bits per heavy atom. The SMILES string of the molecule is Br.CC1(C)N=C(N)N=C(N)N1OCCCN(Cc1ccccc1)Cc1ccccc1. The van der Waals surface area contributed by atoms with Crippen LogP contribution >= 0.6 is 17.0 Å². The number of rotatable bonds is 9. The normalized spacial score (nSPS) is 15.4. The van der Waals surface area contributed by atoms with E-state index in [0.717, 1.165) is 26.1 Å². The zero-order chi connectivity index (χ0) is 20.7. The summed E-state index contributed by atoms with van der Waals surface area (Å²) in [5.74, 6) is 0.400. The van der Waals surface area contributed by atoms with Crippen LogP contribution in [-0.2, 0) is 17.9 Å². The molecule has 7 nitrogen and oxygen atoms in total. The molecule has 0 unspecified atom stereocenters. The van der Waals surface area contributed by atoms with Gasteiger partial charge in [-0.15, -0.1) is 17.0 Å². The molecule has 0 aliphatic carbocycles. The molecule has 2 aromatic carbocycles. The molecule has 2 aromatic rings. The minimum atomic E-state index is -0.677. The van der Waals surface area contributed by atoms with E-state index in [0.29, 0.717) is 6.61 Å². The van der Waals surface area contributed by atoms with Crippen molar-refractivity contribution in [3.63, 3.8) is 0 Å². The van der Waals surface area contributed by atoms with Crippen LogP contribution in [0.2, 0.25) is 0 Å². The molecule has 0 spiro atoms. The van der Waals surface area contributed by atoms with Gasteiger partial charge >= 0.3 is 0 Å². The summed E-state index contributed by atoms with van der Waals surface area (Å²) in [5.41, 5.74) is 13.6. The van der Waals surface area contributed by atoms with Gasteiger partial charge in [-0.1, -0.05) is 60.7 Å². The lowest BCUT2D eigenvalue weighted by atomic mass is 10.1. The standard InChI is InChI=1S/C22H30N6O.BrH/c1-22(2)26-20(23)25-21(24)28(22)29-15-9-14-27(16-18-10-5-3-6-11-18)17-19-12-7-4-8-13-19;/h3-8,10-13H,9,14-17H2,1-2H3,(H4,23,24,25,26);1H. The van der Waals surface area contributed by atoms with Crippen molar-refractivity contribution in [1.29, 1.82) is 0 Å². The molecule has 0 bridgehead atoms. The highest BCUT2D eigenvalue weighted by Crippen LogP contribution is 2.20. The number of hydroxylamine groups is 2. The summed E-state index contributed by atoms with van der Waals surface area (Å²) >= 11 is 0. The van der Waals surface area contributed by atoms with E-state index in [2.05, 4.69) is 63.4 Å². The molecule has 0 aromatic heterocycles. The number of aliphatic imine (C=N–C) groups is 2. The van der Waals surface area contributed by atoms with Gasteiger partial charge in [-0.25, -0.2) is 4.99 Å². The van der Waals surface area contributed by atoms with E-state index in [-0.39, 0.29) is 28.9 Å². The van der Waals surface area contributed by atoms with Gasteiger partial charge in [0.15, 0.2) is 5.66 Å². The van der Waals surface area contributed by atoms with Crippen molar-refractivity contribution in [3.05, 3.63) is 71.8 Å². The van der Waals surface area contributed by atoms with Crippen LogP contribution in [0.5, 0.6) is 0 Å². The lowest BCUT2D eigenvalue weighted by Crippen LogP contribution is -2.53. The van der Waals surface area contributed by atoms with Gasteiger partial charge in [0.25, 0.3) is 0 Å². The van der Waals surface area contributed by atoms with Crippen LogP contribution in [0.3, 0.4) is 0 Å². The van der Waals surface area contributed by atoms with Crippen LogP contribution in [0.1, 0.15) is 31.4 Å². The Hall–Kier alpha value is -2.42. The lowest BCUT2D eigenvalue weighted by Gasteiger charge is -2.36. The topological polar surface area (TPSA) is 92.5 Å². The molecule has 0 saturated heterocycles. The number of guanidine groups is 2. The van der Waals surface area contributed by atoms with Crippen molar-refractivity contribution >= 4 is 28.9 Å². The summed E-state index contributed by atoms with van der Waals surface area (Å²) in [6.07, 6.45) is 0.846. The van der Waals surface area contributed by atoms with Crippen molar-refractivity contribution in [2.45, 2.75) is 39.0 Å². The van der Waals surface area contributed by atoms with Crippen molar-refractivity contribution in [2.75, 3.05) is 13.2 Å². The van der Waals surface area contributed by atoms with Crippen LogP contribution in [0.15, 0.2) is 70.6 Å². The van der Waals surface area contributed by atoms with Crippen molar-refractivity contribution in [1.82, 2.24) is 9.96 Å². The Morgan fingerprint density at radius 1 is 0.933 bits per heavy atom. The number of hydrogen-bond donors (Lipinski definition) is 2. The quantitative estimate of drug-likeness (QED) is 0.544. The molecule has 1 aliphatic rings. The summed E-state index contributed by atoms with van der Waals surface area (Å²) < 4.78 is 0. The van der Waals surface area contributed by atoms with Crippen molar-refractivity contribution < 1.29 is 4.84 Å². The van der Waals surface area contributed by atoms with E-state index in [1.807, 2.05) is 26.0 Å². The minimum absolute atomic E-state index is 0. The van der Waals surface area contributed by atoms with E-state index in [1.54, 1.807) is 0 Å². The maximum atomic E-state index is 5.97. The zero-order valence-electron chi connectivity index (χ0n) is 17.6. The summed E-state index contributed by atoms with van der Waals surface area (Å²) in [6, 6.07) is 21.0. The average molecular weight is 475 g/mol. The van der Waals surface area contributed by atoms with Gasteiger partial charge in [-0.3, -0.25) is 9.74 Å². The Balaban J connectivity index is 0.00000320. The van der Waals surface area contributed by atoms with Gasteiger partial charge in [0, 0.05) is 19.6 Å². The van der Waals surface area contributed by atoms with Crippen LogP contribution in [0.4, 0.5) is 0 Å². The van der Waals surface area contributed by atoms with Gasteiger partial charge in [0.2, 0.25) is 11.9 Å². The third-order valence-corrected chi connectivity index (χ3v) is 4.66. The van der Waals surface area contributed by atoms with Gasteiger partial charge in [0.05, 0.1) is 6.61 Å². The molecule has 0 radical (unpaired) electrons. The highest BCUT2D eigenvalue weighted by molar-refractivity contribution is 8.93. The molecule has 0 saturated carbocycles. The summed E-state index contributed by atoms with van der Waals surface area (Å²) in [4.78, 5) is 16.6. The molecule has 0 atom stereocenters. The van der Waals surface area contributed by atoms with E-state index in [9.17, 15) is 0 Å². The molecule has 3 rings (SSSR count). The molecule has 0 amide bonds. The third kappa shape index (κ3) is 6.83. The fourth-order valence-electron chi connectivity index (χ4n) is 3.36. The molecule has 1 aliphatic heterocycles. The van der Waals surface area contributed by atoms with Crippen LogP contribution < -0.4 is 11.5 Å². The molecule has 30 heavy (non-hydrogen) atoms. The number of nitrogens with zero attached hydrogens (tertiary/aromatic N) is 4. The lowest BCUT2D eigenvalue weighted by molar-refractivity contribution is -0.158. The van der Waals surface area contributed by atoms with Crippen molar-refractivity contribution in [2.24, 2.45) is 21.5 Å². The molecule has 4 N–H and O–H groups in total. The fraction of sp³-hybridized carbons (Fsp3) is 0.364. The second-order valence-corrected chi connectivity index (χ2v) is 7.60. The second-order valence-electron chi connectivity index (χ2n) is 7.60. The van der Waals surface area contributed by atoms with Gasteiger partial charge < -0.3 is 11.5 Å². The van der Waals surface area contributed by atoms with Crippen molar-refractivity contribution in [3.8, 4) is 0 Å². The first-order valence-corrected chi connectivity index (χ1v) is 9.87. The first-order chi connectivity index (χ1) is 13.9. The monoisotopic (exact) mass is 474 g/mol. The predicted molar refractivity (Wildman–Crippen MR) is 127 cm³/mol. The summed E-state index contributed by atoms with van der Waals surface area (Å²) in [5, 5.41) is 1.53. The smallest absolute Gasteiger partial charge is 0.226 e. The highest BCUT2D eigenvalue weighted by atomic mass is 79.9. The van der Waals surface area contributed by atoms with Gasteiger partial charge in [-0.2, -0.15) is 10.1 Å². The van der Waals surface area contributed by atoms with E-state index in [4.69, 9.17) is 16.3 Å². The molecule has 162 valence electrons. The Labute approximate surface area is 189 Å². The maximum absolute atomic E-state index is 5.97. The van der Waals surface area contributed by atoms with Crippen LogP contribution in [0.25, 0.3) is 0 Å². The van der Waals surface area contributed by atoms with E-state index in [1.165, 1.54) is 16.2 Å². The zero-order valence-corrected chi connectivity index (χ0v) is 19.3. The first kappa shape index (κ1) is 23.9. The number of nitrogens with two attached hydrogens (primary N) is 2. The Kier molecular flexibility index (Phi) is 8.83. The molecule has 1 heterocycles.